The summed E-state index contributed by atoms with van der Waals surface area (Å²) in [5.41, 5.74) is 0.640. The maximum absolute atomic E-state index is 11.7. The van der Waals surface area contributed by atoms with Crippen molar-refractivity contribution in [3.63, 3.8) is 0 Å². The van der Waals surface area contributed by atoms with Gasteiger partial charge in [0.15, 0.2) is 0 Å². The van der Waals surface area contributed by atoms with E-state index in [4.69, 9.17) is 5.11 Å². The molecular weight excluding hydrogens is 292 g/mol. The van der Waals surface area contributed by atoms with Crippen molar-refractivity contribution in [2.75, 3.05) is 11.6 Å². The van der Waals surface area contributed by atoms with Crippen molar-refractivity contribution in [2.45, 2.75) is 30.6 Å². The molecule has 0 saturated heterocycles. The van der Waals surface area contributed by atoms with Gasteiger partial charge in [0.25, 0.3) is 0 Å². The summed E-state index contributed by atoms with van der Waals surface area (Å²) in [4.78, 5) is 34.4. The number of imide groups is 1. The SMILES string of the molecule is CSc1ccccc1NC(=O)NC(=O)CCCCC(=O)O. The predicted molar refractivity (Wildman–Crippen MR) is 81.5 cm³/mol. The average Bonchev–Trinajstić information content (AvgIpc) is 2.44. The number of nitrogens with one attached hydrogen (secondary N) is 2. The summed E-state index contributed by atoms with van der Waals surface area (Å²) in [6.45, 7) is 0. The molecular formula is C14H18N2O4S. The van der Waals surface area contributed by atoms with Gasteiger partial charge in [-0.15, -0.1) is 11.8 Å². The Bertz CT molecular complexity index is 519. The maximum atomic E-state index is 11.7. The third-order valence-corrected chi connectivity index (χ3v) is 3.45. The molecule has 0 heterocycles. The largest absolute Gasteiger partial charge is 0.481 e. The third kappa shape index (κ3) is 6.80. The van der Waals surface area contributed by atoms with Gasteiger partial charge >= 0.3 is 12.0 Å². The van der Waals surface area contributed by atoms with Gasteiger partial charge in [-0.1, -0.05) is 12.1 Å². The second-order valence-electron chi connectivity index (χ2n) is 4.30. The Morgan fingerprint density at radius 2 is 1.81 bits per heavy atom. The van der Waals surface area contributed by atoms with Crippen LogP contribution in [0.5, 0.6) is 0 Å². The van der Waals surface area contributed by atoms with E-state index in [1.54, 1.807) is 12.1 Å². The lowest BCUT2D eigenvalue weighted by molar-refractivity contribution is -0.137. The van der Waals surface area contributed by atoms with Gasteiger partial charge in [-0.05, 0) is 31.2 Å². The zero-order valence-electron chi connectivity index (χ0n) is 11.7. The molecule has 0 aliphatic heterocycles. The number of thioether (sulfide) groups is 1. The first kappa shape index (κ1) is 17.0. The van der Waals surface area contributed by atoms with Crippen LogP contribution in [0.25, 0.3) is 0 Å². The number of hydrogen-bond acceptors (Lipinski definition) is 4. The third-order valence-electron chi connectivity index (χ3n) is 2.65. The molecule has 3 amide bonds. The number of benzene rings is 1. The Morgan fingerprint density at radius 3 is 2.48 bits per heavy atom. The van der Waals surface area contributed by atoms with E-state index >= 15 is 0 Å². The van der Waals surface area contributed by atoms with Crippen molar-refractivity contribution in [3.05, 3.63) is 24.3 Å². The van der Waals surface area contributed by atoms with E-state index in [1.807, 2.05) is 18.4 Å². The van der Waals surface area contributed by atoms with Gasteiger partial charge in [-0.25, -0.2) is 4.79 Å². The van der Waals surface area contributed by atoms with E-state index in [1.165, 1.54) is 11.8 Å². The van der Waals surface area contributed by atoms with E-state index in [2.05, 4.69) is 10.6 Å². The molecule has 0 spiro atoms. The summed E-state index contributed by atoms with van der Waals surface area (Å²) in [6.07, 6.45) is 2.91. The van der Waals surface area contributed by atoms with Gasteiger partial charge in [-0.3, -0.25) is 14.9 Å². The van der Waals surface area contributed by atoms with Crippen LogP contribution in [0.4, 0.5) is 10.5 Å². The number of anilines is 1. The van der Waals surface area contributed by atoms with Crippen LogP contribution in [0.3, 0.4) is 0 Å². The summed E-state index contributed by atoms with van der Waals surface area (Å²) < 4.78 is 0. The minimum absolute atomic E-state index is 0.0283. The fraction of sp³-hybridized carbons (Fsp3) is 0.357. The molecule has 1 aromatic carbocycles. The fourth-order valence-corrected chi connectivity index (χ4v) is 2.21. The van der Waals surface area contributed by atoms with Gasteiger partial charge in [0, 0.05) is 17.7 Å². The van der Waals surface area contributed by atoms with Crippen LogP contribution in [0.2, 0.25) is 0 Å². The van der Waals surface area contributed by atoms with Crippen molar-refractivity contribution in [3.8, 4) is 0 Å². The number of hydrogen-bond donors (Lipinski definition) is 3. The molecule has 0 atom stereocenters. The molecule has 1 rings (SSSR count). The van der Waals surface area contributed by atoms with Crippen LogP contribution in [-0.4, -0.2) is 29.3 Å². The summed E-state index contributed by atoms with van der Waals surface area (Å²) in [7, 11) is 0. The molecule has 0 saturated carbocycles. The Hall–Kier alpha value is -2.02. The number of carbonyl (C=O) groups is 3. The quantitative estimate of drug-likeness (QED) is 0.531. The molecule has 0 aromatic heterocycles. The molecule has 0 aliphatic rings. The summed E-state index contributed by atoms with van der Waals surface area (Å²) in [6, 6.07) is 6.70. The monoisotopic (exact) mass is 310 g/mol. The molecule has 0 aliphatic carbocycles. The molecule has 6 nitrogen and oxygen atoms in total. The number of carbonyl (C=O) groups excluding carboxylic acids is 2. The first-order chi connectivity index (χ1) is 10.0. The van der Waals surface area contributed by atoms with Crippen LogP contribution in [-0.2, 0) is 9.59 Å². The minimum atomic E-state index is -0.887. The number of carboxylic acid groups (broad SMARTS) is 1. The van der Waals surface area contributed by atoms with Gasteiger partial charge in [0.1, 0.15) is 0 Å². The predicted octanol–water partition coefficient (Wildman–Crippen LogP) is 2.70. The smallest absolute Gasteiger partial charge is 0.325 e. The second kappa shape index (κ2) is 9.02. The molecule has 3 N–H and O–H groups in total. The van der Waals surface area contributed by atoms with Gasteiger partial charge in [0.05, 0.1) is 5.69 Å². The van der Waals surface area contributed by atoms with Crippen molar-refractivity contribution in [1.29, 1.82) is 0 Å². The number of carboxylic acids is 1. The normalized spacial score (nSPS) is 9.95. The highest BCUT2D eigenvalue weighted by atomic mass is 32.2. The molecule has 0 radical (unpaired) electrons. The molecule has 21 heavy (non-hydrogen) atoms. The van der Waals surface area contributed by atoms with Gasteiger partial charge in [-0.2, -0.15) is 0 Å². The Morgan fingerprint density at radius 1 is 1.14 bits per heavy atom. The summed E-state index contributed by atoms with van der Waals surface area (Å²) >= 11 is 1.49. The van der Waals surface area contributed by atoms with Crippen LogP contribution < -0.4 is 10.6 Å². The first-order valence-electron chi connectivity index (χ1n) is 6.48. The zero-order valence-corrected chi connectivity index (χ0v) is 12.5. The fourth-order valence-electron chi connectivity index (χ4n) is 1.65. The van der Waals surface area contributed by atoms with Crippen molar-refractivity contribution in [2.24, 2.45) is 0 Å². The van der Waals surface area contributed by atoms with Crippen molar-refractivity contribution >= 4 is 35.4 Å². The summed E-state index contributed by atoms with van der Waals surface area (Å²) in [5, 5.41) is 13.3. The topological polar surface area (TPSA) is 95.5 Å². The molecule has 0 unspecified atom stereocenters. The molecule has 114 valence electrons. The molecule has 0 bridgehead atoms. The Balaban J connectivity index is 2.36. The van der Waals surface area contributed by atoms with E-state index in [0.29, 0.717) is 18.5 Å². The lowest BCUT2D eigenvalue weighted by Gasteiger charge is -2.09. The number of para-hydroxylation sites is 1. The van der Waals surface area contributed by atoms with E-state index in [9.17, 15) is 14.4 Å². The zero-order chi connectivity index (χ0) is 15.7. The number of amides is 3. The van der Waals surface area contributed by atoms with Crippen LogP contribution >= 0.6 is 11.8 Å². The lowest BCUT2D eigenvalue weighted by atomic mass is 10.2. The molecule has 0 fully saturated rings. The highest BCUT2D eigenvalue weighted by molar-refractivity contribution is 7.98. The standard InChI is InChI=1S/C14H18N2O4S/c1-21-11-7-3-2-6-10(11)15-14(20)16-12(17)8-4-5-9-13(18)19/h2-3,6-7H,4-5,8-9H2,1H3,(H,18,19)(H2,15,16,17,20). The van der Waals surface area contributed by atoms with Crippen LogP contribution in [0.15, 0.2) is 29.2 Å². The van der Waals surface area contributed by atoms with Gasteiger partial charge < -0.3 is 10.4 Å². The first-order valence-corrected chi connectivity index (χ1v) is 7.71. The second-order valence-corrected chi connectivity index (χ2v) is 5.15. The van der Waals surface area contributed by atoms with Crippen molar-refractivity contribution < 1.29 is 19.5 Å². The number of unbranched alkanes of at least 4 members (excludes halogenated alkanes) is 1. The average molecular weight is 310 g/mol. The highest BCUT2D eigenvalue weighted by Gasteiger charge is 2.09. The van der Waals surface area contributed by atoms with Crippen molar-refractivity contribution in [1.82, 2.24) is 5.32 Å². The lowest BCUT2D eigenvalue weighted by Crippen LogP contribution is -2.34. The number of rotatable bonds is 7. The van der Waals surface area contributed by atoms with E-state index in [-0.39, 0.29) is 12.8 Å². The van der Waals surface area contributed by atoms with Crippen LogP contribution in [0, 0.1) is 0 Å². The van der Waals surface area contributed by atoms with E-state index in [0.717, 1.165) is 4.90 Å². The van der Waals surface area contributed by atoms with Crippen LogP contribution in [0.1, 0.15) is 25.7 Å². The molecule has 1 aromatic rings. The maximum Gasteiger partial charge on any atom is 0.325 e. The highest BCUT2D eigenvalue weighted by Crippen LogP contribution is 2.24. The summed E-state index contributed by atoms with van der Waals surface area (Å²) in [5.74, 6) is -1.30. The Labute approximate surface area is 127 Å². The van der Waals surface area contributed by atoms with E-state index < -0.39 is 17.9 Å². The minimum Gasteiger partial charge on any atom is -0.481 e. The number of aliphatic carboxylic acids is 1. The molecule has 7 heteroatoms. The number of urea groups is 1. The Kier molecular flexibility index (Phi) is 7.31. The van der Waals surface area contributed by atoms with Gasteiger partial charge in [0.2, 0.25) is 5.91 Å².